The van der Waals surface area contributed by atoms with Gasteiger partial charge in [0.1, 0.15) is 0 Å². The van der Waals surface area contributed by atoms with E-state index in [2.05, 4.69) is 23.2 Å². The van der Waals surface area contributed by atoms with E-state index in [1.165, 1.54) is 11.1 Å². The largest absolute Gasteiger partial charge is 0.490 e. The smallest absolute Gasteiger partial charge is 0.329 e. The zero-order valence-corrected chi connectivity index (χ0v) is 22.1. The van der Waals surface area contributed by atoms with Gasteiger partial charge in [-0.05, 0) is 55.2 Å². The number of nitrogens with one attached hydrogen (secondary N) is 1. The van der Waals surface area contributed by atoms with Crippen molar-refractivity contribution < 1.29 is 14.3 Å². The number of hydrogen-bond donors (Lipinski definition) is 1. The molecule has 200 valence electrons. The van der Waals surface area contributed by atoms with Crippen molar-refractivity contribution in [2.45, 2.75) is 26.8 Å². The molecule has 8 nitrogen and oxygen atoms in total. The molecule has 1 aliphatic heterocycles. The van der Waals surface area contributed by atoms with Gasteiger partial charge in [0.25, 0.3) is 11.5 Å². The highest BCUT2D eigenvalue weighted by Gasteiger charge is 2.20. The van der Waals surface area contributed by atoms with E-state index >= 15 is 0 Å². The van der Waals surface area contributed by atoms with Crippen molar-refractivity contribution in [1.29, 1.82) is 0 Å². The number of carbonyl (C=O) groups excluding carboxylic acids is 1. The molecule has 1 aliphatic rings. The SMILES string of the molecule is CCOc1cc2[nH]c(=O)n(Cc3ccc(C(=O)N4CC=C(c5ccccc5)CC4)cc3)c(=O)c2cc1OCC. The summed E-state index contributed by atoms with van der Waals surface area (Å²) in [4.78, 5) is 43.8. The van der Waals surface area contributed by atoms with E-state index < -0.39 is 11.2 Å². The van der Waals surface area contributed by atoms with Crippen molar-refractivity contribution in [2.75, 3.05) is 26.3 Å². The zero-order chi connectivity index (χ0) is 27.4. The quantitative estimate of drug-likeness (QED) is 0.367. The number of rotatable bonds is 8. The van der Waals surface area contributed by atoms with Crippen LogP contribution in [-0.2, 0) is 6.54 Å². The minimum Gasteiger partial charge on any atom is -0.490 e. The molecule has 0 radical (unpaired) electrons. The Labute approximate surface area is 226 Å². The summed E-state index contributed by atoms with van der Waals surface area (Å²) in [7, 11) is 0. The topological polar surface area (TPSA) is 93.6 Å². The summed E-state index contributed by atoms with van der Waals surface area (Å²) in [5.74, 6) is 0.883. The molecule has 39 heavy (non-hydrogen) atoms. The molecule has 4 aromatic rings. The van der Waals surface area contributed by atoms with E-state index in [9.17, 15) is 14.4 Å². The lowest BCUT2D eigenvalue weighted by atomic mass is 9.99. The van der Waals surface area contributed by atoms with Crippen LogP contribution in [-0.4, -0.2) is 46.7 Å². The molecule has 1 N–H and O–H groups in total. The number of aromatic nitrogens is 2. The highest BCUT2D eigenvalue weighted by molar-refractivity contribution is 5.94. The molecule has 0 aliphatic carbocycles. The molecule has 0 saturated carbocycles. The molecule has 0 unspecified atom stereocenters. The predicted molar refractivity (Wildman–Crippen MR) is 152 cm³/mol. The maximum absolute atomic E-state index is 13.3. The predicted octanol–water partition coefficient (Wildman–Crippen LogP) is 4.47. The molecule has 0 spiro atoms. The fourth-order valence-corrected chi connectivity index (χ4v) is 4.83. The summed E-state index contributed by atoms with van der Waals surface area (Å²) < 4.78 is 12.4. The molecular formula is C31H31N3O5. The fourth-order valence-electron chi connectivity index (χ4n) is 4.83. The highest BCUT2D eigenvalue weighted by Crippen LogP contribution is 2.30. The van der Waals surface area contributed by atoms with Gasteiger partial charge in [0.2, 0.25) is 0 Å². The van der Waals surface area contributed by atoms with Crippen LogP contribution in [0.3, 0.4) is 0 Å². The molecule has 1 amide bonds. The van der Waals surface area contributed by atoms with Crippen molar-refractivity contribution >= 4 is 22.4 Å². The van der Waals surface area contributed by atoms with Crippen molar-refractivity contribution in [3.05, 3.63) is 110 Å². The number of carbonyl (C=O) groups is 1. The fraction of sp³-hybridized carbons (Fsp3) is 0.258. The Morgan fingerprint density at radius 2 is 1.62 bits per heavy atom. The summed E-state index contributed by atoms with van der Waals surface area (Å²) >= 11 is 0. The number of benzene rings is 3. The molecule has 3 aromatic carbocycles. The zero-order valence-electron chi connectivity index (χ0n) is 22.1. The molecular weight excluding hydrogens is 494 g/mol. The van der Waals surface area contributed by atoms with Crippen LogP contribution in [0.1, 0.15) is 41.8 Å². The molecule has 0 saturated heterocycles. The molecule has 1 aromatic heterocycles. The first-order valence-electron chi connectivity index (χ1n) is 13.2. The Hall–Kier alpha value is -4.59. The van der Waals surface area contributed by atoms with Gasteiger partial charge in [-0.1, -0.05) is 48.5 Å². The number of aromatic amines is 1. The van der Waals surface area contributed by atoms with Gasteiger partial charge in [0.05, 0.1) is 30.7 Å². The van der Waals surface area contributed by atoms with Gasteiger partial charge in [-0.2, -0.15) is 0 Å². The summed E-state index contributed by atoms with van der Waals surface area (Å²) in [5.41, 5.74) is 3.19. The van der Waals surface area contributed by atoms with Crippen LogP contribution in [0.15, 0.2) is 82.4 Å². The van der Waals surface area contributed by atoms with Crippen LogP contribution in [0.5, 0.6) is 11.5 Å². The number of amides is 1. The minimum atomic E-state index is -0.520. The average molecular weight is 526 g/mol. The second-order valence-corrected chi connectivity index (χ2v) is 9.33. The van der Waals surface area contributed by atoms with Gasteiger partial charge in [0.15, 0.2) is 11.5 Å². The Kier molecular flexibility index (Phi) is 7.63. The number of nitrogens with zero attached hydrogens (tertiary/aromatic N) is 2. The third-order valence-electron chi connectivity index (χ3n) is 6.83. The lowest BCUT2D eigenvalue weighted by Gasteiger charge is -2.27. The highest BCUT2D eigenvalue weighted by atomic mass is 16.5. The van der Waals surface area contributed by atoms with Gasteiger partial charge >= 0.3 is 5.69 Å². The van der Waals surface area contributed by atoms with Crippen LogP contribution >= 0.6 is 0 Å². The Balaban J connectivity index is 1.34. The lowest BCUT2D eigenvalue weighted by molar-refractivity contribution is 0.0773. The maximum Gasteiger partial charge on any atom is 0.329 e. The van der Waals surface area contributed by atoms with Gasteiger partial charge in [-0.25, -0.2) is 4.79 Å². The Bertz CT molecular complexity index is 1640. The number of hydrogen-bond acceptors (Lipinski definition) is 5. The number of H-pyrrole nitrogens is 1. The van der Waals surface area contributed by atoms with E-state index in [-0.39, 0.29) is 12.5 Å². The van der Waals surface area contributed by atoms with Gasteiger partial charge < -0.3 is 19.4 Å². The molecule has 2 heterocycles. The first-order valence-corrected chi connectivity index (χ1v) is 13.2. The van der Waals surface area contributed by atoms with E-state index in [0.29, 0.717) is 54.3 Å². The van der Waals surface area contributed by atoms with Crippen LogP contribution in [0.4, 0.5) is 0 Å². The maximum atomic E-state index is 13.3. The Morgan fingerprint density at radius 3 is 2.26 bits per heavy atom. The van der Waals surface area contributed by atoms with Gasteiger partial charge in [-0.3, -0.25) is 14.2 Å². The van der Waals surface area contributed by atoms with E-state index in [4.69, 9.17) is 9.47 Å². The standard InChI is InChI=1S/C31H31N3O5/c1-3-38-27-18-25-26(19-28(27)39-4-2)32-31(37)34(30(25)36)20-21-10-12-24(13-11-21)29(35)33-16-14-23(15-17-33)22-8-6-5-7-9-22/h5-14,18-19H,3-4,15-17,20H2,1-2H3,(H,32,37). The molecule has 0 bridgehead atoms. The normalized spacial score (nSPS) is 13.3. The Morgan fingerprint density at radius 1 is 0.923 bits per heavy atom. The second kappa shape index (κ2) is 11.4. The first kappa shape index (κ1) is 26.0. The number of ether oxygens (including phenoxy) is 2. The first-order chi connectivity index (χ1) is 19.0. The van der Waals surface area contributed by atoms with Gasteiger partial charge in [0, 0.05) is 24.7 Å². The van der Waals surface area contributed by atoms with E-state index in [0.717, 1.165) is 16.6 Å². The second-order valence-electron chi connectivity index (χ2n) is 9.33. The van der Waals surface area contributed by atoms with Crippen LogP contribution in [0.25, 0.3) is 16.5 Å². The third kappa shape index (κ3) is 5.50. The van der Waals surface area contributed by atoms with Crippen molar-refractivity contribution in [2.24, 2.45) is 0 Å². The molecule has 0 atom stereocenters. The van der Waals surface area contributed by atoms with Gasteiger partial charge in [-0.15, -0.1) is 0 Å². The monoisotopic (exact) mass is 525 g/mol. The van der Waals surface area contributed by atoms with E-state index in [1.807, 2.05) is 36.9 Å². The summed E-state index contributed by atoms with van der Waals surface area (Å²) in [5, 5.41) is 0.335. The summed E-state index contributed by atoms with van der Waals surface area (Å²) in [6.45, 7) is 5.82. The molecule has 5 rings (SSSR count). The summed E-state index contributed by atoms with van der Waals surface area (Å²) in [6.07, 6.45) is 2.91. The molecule has 0 fully saturated rings. The van der Waals surface area contributed by atoms with Crippen molar-refractivity contribution in [3.63, 3.8) is 0 Å². The van der Waals surface area contributed by atoms with Crippen LogP contribution < -0.4 is 20.7 Å². The average Bonchev–Trinajstić information content (AvgIpc) is 2.97. The third-order valence-corrected chi connectivity index (χ3v) is 6.83. The number of fused-ring (bicyclic) bond motifs is 1. The van der Waals surface area contributed by atoms with Crippen LogP contribution in [0, 0.1) is 0 Å². The van der Waals surface area contributed by atoms with E-state index in [1.54, 1.807) is 36.4 Å². The van der Waals surface area contributed by atoms with Crippen LogP contribution in [0.2, 0.25) is 0 Å². The lowest BCUT2D eigenvalue weighted by Crippen LogP contribution is -2.35. The van der Waals surface area contributed by atoms with Crippen molar-refractivity contribution in [3.8, 4) is 11.5 Å². The van der Waals surface area contributed by atoms with Crippen molar-refractivity contribution in [1.82, 2.24) is 14.5 Å². The molecule has 8 heteroatoms. The minimum absolute atomic E-state index is 0.0424. The summed E-state index contributed by atoms with van der Waals surface area (Å²) in [6, 6.07) is 20.5.